The van der Waals surface area contributed by atoms with E-state index in [0.717, 1.165) is 37.0 Å². The summed E-state index contributed by atoms with van der Waals surface area (Å²) in [6.45, 7) is 6.28. The second-order valence-electron chi connectivity index (χ2n) is 7.53. The fraction of sp³-hybridized carbons (Fsp3) is 0.789. The molecule has 0 spiro atoms. The lowest BCUT2D eigenvalue weighted by Crippen LogP contribution is -2.50. The maximum Gasteiger partial charge on any atom is 0.310 e. The number of ether oxygens (including phenoxy) is 1. The lowest BCUT2D eigenvalue weighted by atomic mass is 9.98. The number of aromatic nitrogens is 3. The molecule has 0 radical (unpaired) electrons. The Morgan fingerprint density at radius 2 is 2.04 bits per heavy atom. The second kappa shape index (κ2) is 9.19. The highest BCUT2D eigenvalue weighted by Crippen LogP contribution is 2.21. The van der Waals surface area contributed by atoms with Gasteiger partial charge in [0, 0.05) is 26.2 Å². The molecule has 0 bridgehead atoms. The highest BCUT2D eigenvalue weighted by molar-refractivity contribution is 5.81. The summed E-state index contributed by atoms with van der Waals surface area (Å²) in [5.41, 5.74) is 0. The van der Waals surface area contributed by atoms with Gasteiger partial charge in [-0.1, -0.05) is 12.8 Å². The van der Waals surface area contributed by atoms with E-state index in [0.29, 0.717) is 25.7 Å². The van der Waals surface area contributed by atoms with E-state index < -0.39 is 0 Å². The van der Waals surface area contributed by atoms with Crippen LogP contribution in [0.2, 0.25) is 0 Å². The van der Waals surface area contributed by atoms with Crippen molar-refractivity contribution in [2.24, 2.45) is 18.0 Å². The molecule has 0 aromatic carbocycles. The van der Waals surface area contributed by atoms with Gasteiger partial charge in [0.05, 0.1) is 12.5 Å². The maximum absolute atomic E-state index is 12.2. The van der Waals surface area contributed by atoms with Crippen LogP contribution < -0.4 is 5.32 Å². The smallest absolute Gasteiger partial charge is 0.310 e. The van der Waals surface area contributed by atoms with E-state index in [1.807, 2.05) is 25.5 Å². The third kappa shape index (κ3) is 4.99. The number of hydrogen-bond acceptors (Lipinski definition) is 5. The van der Waals surface area contributed by atoms with Gasteiger partial charge in [-0.2, -0.15) is 0 Å². The summed E-state index contributed by atoms with van der Waals surface area (Å²) < 4.78 is 7.21. The highest BCUT2D eigenvalue weighted by Gasteiger charge is 2.29. The molecule has 8 heteroatoms. The average Bonchev–Trinajstić information content (AvgIpc) is 3.30. The lowest BCUT2D eigenvalue weighted by molar-refractivity contribution is -0.149. The number of piperidine rings is 1. The Bertz CT molecular complexity index is 665. The summed E-state index contributed by atoms with van der Waals surface area (Å²) in [4.78, 5) is 19.3. The summed E-state index contributed by atoms with van der Waals surface area (Å²) in [5.74, 6) is 2.44. The minimum absolute atomic E-state index is 0.0775. The van der Waals surface area contributed by atoms with Crippen molar-refractivity contribution in [1.82, 2.24) is 25.0 Å². The Morgan fingerprint density at radius 3 is 2.70 bits per heavy atom. The molecule has 27 heavy (non-hydrogen) atoms. The van der Waals surface area contributed by atoms with Crippen LogP contribution in [-0.2, 0) is 23.1 Å². The molecular formula is C19H32N6O2. The van der Waals surface area contributed by atoms with Crippen molar-refractivity contribution in [3.05, 3.63) is 11.6 Å². The third-order valence-electron chi connectivity index (χ3n) is 5.58. The summed E-state index contributed by atoms with van der Waals surface area (Å²) in [7, 11) is 1.96. The molecule has 1 aromatic heterocycles. The summed E-state index contributed by atoms with van der Waals surface area (Å²) >= 11 is 0. The lowest BCUT2D eigenvalue weighted by Gasteiger charge is -2.35. The minimum atomic E-state index is -0.0913. The van der Waals surface area contributed by atoms with Crippen LogP contribution in [0.5, 0.6) is 0 Å². The summed E-state index contributed by atoms with van der Waals surface area (Å²) in [5, 5.41) is 12.0. The first-order valence-electron chi connectivity index (χ1n) is 10.2. The number of hydrogen-bond donors (Lipinski definition) is 1. The van der Waals surface area contributed by atoms with Crippen LogP contribution in [0.3, 0.4) is 0 Å². The number of nitrogens with zero attached hydrogens (tertiary/aromatic N) is 5. The van der Waals surface area contributed by atoms with Gasteiger partial charge in [-0.25, -0.2) is 4.99 Å². The molecule has 0 amide bonds. The van der Waals surface area contributed by atoms with Gasteiger partial charge in [-0.3, -0.25) is 4.79 Å². The number of aryl methyl sites for hydroxylation is 1. The molecule has 1 saturated heterocycles. The SMILES string of the molecule is CCOC(=O)C1CCCN(C(=NCc2nnc(C)n2C)NC2CCCC2)C1. The molecule has 2 heterocycles. The molecule has 1 aromatic rings. The van der Waals surface area contributed by atoms with Crippen molar-refractivity contribution in [2.75, 3.05) is 19.7 Å². The predicted octanol–water partition coefficient (Wildman–Crippen LogP) is 1.79. The number of aliphatic imine (C=N–C) groups is 1. The number of rotatable bonds is 5. The normalized spacial score (nSPS) is 21.5. The van der Waals surface area contributed by atoms with Crippen LogP contribution in [0.4, 0.5) is 0 Å². The third-order valence-corrected chi connectivity index (χ3v) is 5.58. The molecular weight excluding hydrogens is 344 g/mol. The van der Waals surface area contributed by atoms with Gasteiger partial charge in [-0.05, 0) is 39.5 Å². The van der Waals surface area contributed by atoms with Crippen molar-refractivity contribution in [1.29, 1.82) is 0 Å². The molecule has 3 rings (SSSR count). The van der Waals surface area contributed by atoms with Gasteiger partial charge in [0.1, 0.15) is 12.4 Å². The summed E-state index contributed by atoms with van der Waals surface area (Å²) in [6.07, 6.45) is 6.73. The number of esters is 1. The Hall–Kier alpha value is -2.12. The Kier molecular flexibility index (Phi) is 6.68. The van der Waals surface area contributed by atoms with E-state index >= 15 is 0 Å². The fourth-order valence-corrected chi connectivity index (χ4v) is 3.85. The summed E-state index contributed by atoms with van der Waals surface area (Å²) in [6, 6.07) is 0.466. The molecule has 1 atom stereocenters. The first-order chi connectivity index (χ1) is 13.1. The molecule has 1 unspecified atom stereocenters. The van der Waals surface area contributed by atoms with Crippen LogP contribution in [0.25, 0.3) is 0 Å². The zero-order valence-corrected chi connectivity index (χ0v) is 16.8. The predicted molar refractivity (Wildman–Crippen MR) is 103 cm³/mol. The second-order valence-corrected chi connectivity index (χ2v) is 7.53. The van der Waals surface area contributed by atoms with Gasteiger partial charge in [0.2, 0.25) is 0 Å². The molecule has 8 nitrogen and oxygen atoms in total. The monoisotopic (exact) mass is 376 g/mol. The Balaban J connectivity index is 1.73. The van der Waals surface area contributed by atoms with Crippen LogP contribution in [0, 0.1) is 12.8 Å². The molecule has 150 valence electrons. The maximum atomic E-state index is 12.2. The fourth-order valence-electron chi connectivity index (χ4n) is 3.85. The number of likely N-dealkylation sites (tertiary alicyclic amines) is 1. The van der Waals surface area contributed by atoms with E-state index in [9.17, 15) is 4.79 Å². The molecule has 2 aliphatic rings. The molecule has 1 N–H and O–H groups in total. The molecule has 1 saturated carbocycles. The van der Waals surface area contributed by atoms with Crippen LogP contribution >= 0.6 is 0 Å². The van der Waals surface area contributed by atoms with E-state index in [4.69, 9.17) is 9.73 Å². The van der Waals surface area contributed by atoms with Gasteiger partial charge in [0.25, 0.3) is 0 Å². The topological polar surface area (TPSA) is 84.6 Å². The van der Waals surface area contributed by atoms with Crippen LogP contribution in [0.1, 0.15) is 57.1 Å². The van der Waals surface area contributed by atoms with Crippen molar-refractivity contribution in [2.45, 2.75) is 65.0 Å². The first kappa shape index (κ1) is 19.6. The Morgan fingerprint density at radius 1 is 1.26 bits per heavy atom. The largest absolute Gasteiger partial charge is 0.466 e. The standard InChI is InChI=1S/C19H32N6O2/c1-4-27-18(26)15-8-7-11-25(13-15)19(21-16-9-5-6-10-16)20-12-17-23-22-14(2)24(17)3/h15-16H,4-13H2,1-3H3,(H,20,21). The molecule has 1 aliphatic carbocycles. The number of carbonyl (C=O) groups is 1. The Labute approximate surface area is 161 Å². The number of guanidine groups is 1. The van der Waals surface area contributed by atoms with Gasteiger partial charge in [0.15, 0.2) is 11.8 Å². The van der Waals surface area contributed by atoms with E-state index in [-0.39, 0.29) is 11.9 Å². The first-order valence-corrected chi connectivity index (χ1v) is 10.2. The quantitative estimate of drug-likeness (QED) is 0.479. The van der Waals surface area contributed by atoms with Crippen LogP contribution in [-0.4, -0.2) is 57.3 Å². The van der Waals surface area contributed by atoms with Crippen LogP contribution in [0.15, 0.2) is 4.99 Å². The van der Waals surface area contributed by atoms with Gasteiger partial charge in [-0.15, -0.1) is 10.2 Å². The van der Waals surface area contributed by atoms with Crippen molar-refractivity contribution in [3.8, 4) is 0 Å². The molecule has 2 fully saturated rings. The number of nitrogens with one attached hydrogen (secondary N) is 1. The van der Waals surface area contributed by atoms with Gasteiger partial charge < -0.3 is 19.5 Å². The van der Waals surface area contributed by atoms with Crippen molar-refractivity contribution < 1.29 is 9.53 Å². The zero-order chi connectivity index (χ0) is 19.2. The number of carbonyl (C=O) groups excluding carboxylic acids is 1. The van der Waals surface area contributed by atoms with Crippen molar-refractivity contribution >= 4 is 11.9 Å². The minimum Gasteiger partial charge on any atom is -0.466 e. The molecule has 1 aliphatic heterocycles. The average molecular weight is 377 g/mol. The van der Waals surface area contributed by atoms with E-state index in [1.165, 1.54) is 25.7 Å². The van der Waals surface area contributed by atoms with Crippen molar-refractivity contribution in [3.63, 3.8) is 0 Å². The van der Waals surface area contributed by atoms with E-state index in [1.54, 1.807) is 0 Å². The van der Waals surface area contributed by atoms with Gasteiger partial charge >= 0.3 is 5.97 Å². The highest BCUT2D eigenvalue weighted by atomic mass is 16.5. The zero-order valence-electron chi connectivity index (χ0n) is 16.8. The van der Waals surface area contributed by atoms with E-state index in [2.05, 4.69) is 20.4 Å².